The highest BCUT2D eigenvalue weighted by atomic mass is 35.5. The number of nitrogens with two attached hydrogens (primary N) is 1. The van der Waals surface area contributed by atoms with Gasteiger partial charge in [-0.05, 0) is 24.3 Å². The van der Waals surface area contributed by atoms with E-state index >= 15 is 0 Å². The van der Waals surface area contributed by atoms with Crippen LogP contribution in [-0.4, -0.2) is 31.4 Å². The first kappa shape index (κ1) is 15.5. The van der Waals surface area contributed by atoms with Crippen LogP contribution in [0.2, 0.25) is 5.02 Å². The fourth-order valence-electron chi connectivity index (χ4n) is 1.35. The molecule has 1 aromatic carbocycles. The van der Waals surface area contributed by atoms with Crippen LogP contribution in [0.25, 0.3) is 0 Å². The van der Waals surface area contributed by atoms with E-state index < -0.39 is 0 Å². The lowest BCUT2D eigenvalue weighted by atomic mass is 10.2. The average molecular weight is 284 g/mol. The Morgan fingerprint density at radius 1 is 1.21 bits per heavy atom. The molecule has 0 aliphatic rings. The number of benzene rings is 1. The van der Waals surface area contributed by atoms with Crippen molar-refractivity contribution < 1.29 is 9.59 Å². The molecule has 5 nitrogen and oxygen atoms in total. The van der Waals surface area contributed by atoms with Gasteiger partial charge in [0.25, 0.3) is 5.91 Å². The Bertz CT molecular complexity index is 434. The highest BCUT2D eigenvalue weighted by Crippen LogP contribution is 2.09. The van der Waals surface area contributed by atoms with Crippen LogP contribution in [0.15, 0.2) is 24.3 Å². The van der Waals surface area contributed by atoms with E-state index in [0.29, 0.717) is 30.2 Å². The number of halogens is 1. The summed E-state index contributed by atoms with van der Waals surface area (Å²) in [4.78, 5) is 23.1. The monoisotopic (exact) mass is 283 g/mol. The van der Waals surface area contributed by atoms with E-state index in [1.165, 1.54) is 0 Å². The topological polar surface area (TPSA) is 84.2 Å². The summed E-state index contributed by atoms with van der Waals surface area (Å²) in [7, 11) is 0. The van der Waals surface area contributed by atoms with Crippen LogP contribution in [-0.2, 0) is 4.79 Å². The Kier molecular flexibility index (Phi) is 6.32. The summed E-state index contributed by atoms with van der Waals surface area (Å²) in [5.74, 6) is -0.520. The normalized spacial score (nSPS) is 11.7. The van der Waals surface area contributed by atoms with Crippen LogP contribution < -0.4 is 16.4 Å². The molecule has 0 spiro atoms. The van der Waals surface area contributed by atoms with Crippen LogP contribution in [0, 0.1) is 5.92 Å². The van der Waals surface area contributed by atoms with Gasteiger partial charge in [-0.1, -0.05) is 18.5 Å². The Morgan fingerprint density at radius 2 is 1.79 bits per heavy atom. The third-order valence-electron chi connectivity index (χ3n) is 2.62. The molecule has 0 aromatic heterocycles. The molecular formula is C13H18ClN3O2. The van der Waals surface area contributed by atoms with Gasteiger partial charge in [0, 0.05) is 36.1 Å². The largest absolute Gasteiger partial charge is 0.354 e. The van der Waals surface area contributed by atoms with Crippen molar-refractivity contribution in [3.63, 3.8) is 0 Å². The molecule has 0 fully saturated rings. The number of carbonyl (C=O) groups is 2. The summed E-state index contributed by atoms with van der Waals surface area (Å²) in [6.45, 7) is 2.80. The number of hydrogen-bond acceptors (Lipinski definition) is 3. The minimum absolute atomic E-state index is 0.108. The van der Waals surface area contributed by atoms with Crippen molar-refractivity contribution in [3.8, 4) is 0 Å². The highest BCUT2D eigenvalue weighted by Gasteiger charge is 2.09. The van der Waals surface area contributed by atoms with Crippen LogP contribution in [0.1, 0.15) is 17.3 Å². The lowest BCUT2D eigenvalue weighted by Gasteiger charge is -2.10. The quantitative estimate of drug-likeness (QED) is 0.675. The van der Waals surface area contributed by atoms with Gasteiger partial charge in [0.15, 0.2) is 0 Å². The first-order valence-corrected chi connectivity index (χ1v) is 6.44. The molecule has 0 aliphatic carbocycles. The maximum atomic E-state index is 11.7. The maximum Gasteiger partial charge on any atom is 0.251 e. The molecule has 0 saturated carbocycles. The van der Waals surface area contributed by atoms with Crippen molar-refractivity contribution >= 4 is 23.4 Å². The SMILES string of the molecule is CC(CN)C(=O)NCCNC(=O)c1ccc(Cl)cc1. The Balaban J connectivity index is 2.28. The molecule has 1 unspecified atom stereocenters. The third-order valence-corrected chi connectivity index (χ3v) is 2.87. The van der Waals surface area contributed by atoms with E-state index in [9.17, 15) is 9.59 Å². The lowest BCUT2D eigenvalue weighted by molar-refractivity contribution is -0.124. The van der Waals surface area contributed by atoms with Gasteiger partial charge < -0.3 is 16.4 Å². The summed E-state index contributed by atoms with van der Waals surface area (Å²) in [6, 6.07) is 6.60. The van der Waals surface area contributed by atoms with Gasteiger partial charge in [-0.3, -0.25) is 9.59 Å². The molecule has 1 aromatic rings. The molecular weight excluding hydrogens is 266 g/mol. The van der Waals surface area contributed by atoms with Crippen molar-refractivity contribution in [2.24, 2.45) is 11.7 Å². The van der Waals surface area contributed by atoms with Gasteiger partial charge in [-0.25, -0.2) is 0 Å². The molecule has 6 heteroatoms. The van der Waals surface area contributed by atoms with Crippen molar-refractivity contribution in [2.45, 2.75) is 6.92 Å². The molecule has 0 bridgehead atoms. The molecule has 0 heterocycles. The summed E-state index contributed by atoms with van der Waals surface area (Å²) in [5, 5.41) is 5.98. The van der Waals surface area contributed by atoms with Crippen molar-refractivity contribution in [1.82, 2.24) is 10.6 Å². The van der Waals surface area contributed by atoms with E-state index in [0.717, 1.165) is 0 Å². The zero-order chi connectivity index (χ0) is 14.3. The molecule has 0 aliphatic heterocycles. The zero-order valence-corrected chi connectivity index (χ0v) is 11.5. The fourth-order valence-corrected chi connectivity index (χ4v) is 1.47. The van der Waals surface area contributed by atoms with Crippen molar-refractivity contribution in [1.29, 1.82) is 0 Å². The molecule has 104 valence electrons. The van der Waals surface area contributed by atoms with E-state index in [4.69, 9.17) is 17.3 Å². The van der Waals surface area contributed by atoms with Gasteiger partial charge in [-0.2, -0.15) is 0 Å². The fraction of sp³-hybridized carbons (Fsp3) is 0.385. The zero-order valence-electron chi connectivity index (χ0n) is 10.8. The van der Waals surface area contributed by atoms with Crippen molar-refractivity contribution in [3.05, 3.63) is 34.9 Å². The van der Waals surface area contributed by atoms with Gasteiger partial charge in [-0.15, -0.1) is 0 Å². The number of carbonyl (C=O) groups excluding carboxylic acids is 2. The molecule has 1 atom stereocenters. The maximum absolute atomic E-state index is 11.7. The summed E-state index contributed by atoms with van der Waals surface area (Å²) in [5.41, 5.74) is 5.91. The van der Waals surface area contributed by atoms with Gasteiger partial charge in [0.1, 0.15) is 0 Å². The third kappa shape index (κ3) is 5.28. The molecule has 19 heavy (non-hydrogen) atoms. The van der Waals surface area contributed by atoms with E-state index in [1.54, 1.807) is 31.2 Å². The van der Waals surface area contributed by atoms with Crippen LogP contribution in [0.3, 0.4) is 0 Å². The Morgan fingerprint density at radius 3 is 2.37 bits per heavy atom. The molecule has 0 radical (unpaired) electrons. The summed E-state index contributed by atoms with van der Waals surface area (Å²) >= 11 is 5.73. The Hall–Kier alpha value is -1.59. The van der Waals surface area contributed by atoms with E-state index in [1.807, 2.05) is 0 Å². The average Bonchev–Trinajstić information content (AvgIpc) is 2.42. The smallest absolute Gasteiger partial charge is 0.251 e. The molecule has 0 saturated heterocycles. The van der Waals surface area contributed by atoms with Crippen LogP contribution in [0.5, 0.6) is 0 Å². The molecule has 4 N–H and O–H groups in total. The minimum atomic E-state index is -0.216. The predicted octanol–water partition coefficient (Wildman–Crippen LogP) is 0.781. The van der Waals surface area contributed by atoms with Crippen molar-refractivity contribution in [2.75, 3.05) is 19.6 Å². The second-order valence-electron chi connectivity index (χ2n) is 4.19. The van der Waals surface area contributed by atoms with Crippen LogP contribution >= 0.6 is 11.6 Å². The second kappa shape index (κ2) is 7.76. The predicted molar refractivity (Wildman–Crippen MR) is 75.0 cm³/mol. The standard InChI is InChI=1S/C13H18ClN3O2/c1-9(8-15)12(18)16-6-7-17-13(19)10-2-4-11(14)5-3-10/h2-5,9H,6-8,15H2,1H3,(H,16,18)(H,17,19). The lowest BCUT2D eigenvalue weighted by Crippen LogP contribution is -2.38. The number of hydrogen-bond donors (Lipinski definition) is 3. The van der Waals surface area contributed by atoms with Gasteiger partial charge in [0.2, 0.25) is 5.91 Å². The van der Waals surface area contributed by atoms with E-state index in [-0.39, 0.29) is 17.7 Å². The first-order chi connectivity index (χ1) is 9.04. The second-order valence-corrected chi connectivity index (χ2v) is 4.63. The highest BCUT2D eigenvalue weighted by molar-refractivity contribution is 6.30. The first-order valence-electron chi connectivity index (χ1n) is 6.06. The minimum Gasteiger partial charge on any atom is -0.354 e. The molecule has 2 amide bonds. The molecule has 1 rings (SSSR count). The summed E-state index contributed by atoms with van der Waals surface area (Å²) < 4.78 is 0. The van der Waals surface area contributed by atoms with Gasteiger partial charge >= 0.3 is 0 Å². The summed E-state index contributed by atoms with van der Waals surface area (Å²) in [6.07, 6.45) is 0. The Labute approximate surface area is 117 Å². The van der Waals surface area contributed by atoms with Crippen LogP contribution in [0.4, 0.5) is 0 Å². The number of rotatable bonds is 6. The number of nitrogens with one attached hydrogen (secondary N) is 2. The van der Waals surface area contributed by atoms with E-state index in [2.05, 4.69) is 10.6 Å². The number of amides is 2. The van der Waals surface area contributed by atoms with Gasteiger partial charge in [0.05, 0.1) is 0 Å².